The minimum absolute atomic E-state index is 0.131. The van der Waals surface area contributed by atoms with Crippen molar-refractivity contribution >= 4 is 6.01 Å². The first-order valence-electron chi connectivity index (χ1n) is 7.65. The molecule has 0 aliphatic carbocycles. The Morgan fingerprint density at radius 2 is 1.91 bits per heavy atom. The summed E-state index contributed by atoms with van der Waals surface area (Å²) in [5.74, 6) is 1.03. The highest BCUT2D eigenvalue weighted by Crippen LogP contribution is 2.22. The molecule has 0 spiro atoms. The fourth-order valence-electron chi connectivity index (χ4n) is 2.34. The molecule has 0 aromatic carbocycles. The Morgan fingerprint density at radius 3 is 2.50 bits per heavy atom. The summed E-state index contributed by atoms with van der Waals surface area (Å²) in [6.07, 6.45) is 5.44. The molecule has 1 aliphatic rings. The fraction of sp³-hybridized carbons (Fsp3) is 0.600. The van der Waals surface area contributed by atoms with Crippen LogP contribution in [0.15, 0.2) is 16.9 Å². The van der Waals surface area contributed by atoms with Crippen LogP contribution in [0.5, 0.6) is 6.01 Å². The zero-order chi connectivity index (χ0) is 15.5. The quantitative estimate of drug-likeness (QED) is 0.857. The summed E-state index contributed by atoms with van der Waals surface area (Å²) in [7, 11) is 0. The monoisotopic (exact) mass is 303 g/mol. The van der Waals surface area contributed by atoms with Crippen molar-refractivity contribution in [3.05, 3.63) is 23.8 Å². The maximum absolute atomic E-state index is 5.82. The number of anilines is 1. The molecule has 3 rings (SSSR count). The van der Waals surface area contributed by atoms with Gasteiger partial charge in [-0.2, -0.15) is 4.98 Å². The molecule has 7 nitrogen and oxygen atoms in total. The van der Waals surface area contributed by atoms with Gasteiger partial charge in [-0.1, -0.05) is 19.0 Å². The van der Waals surface area contributed by atoms with Gasteiger partial charge in [0.15, 0.2) is 5.82 Å². The van der Waals surface area contributed by atoms with Crippen molar-refractivity contribution in [1.29, 1.82) is 0 Å². The molecule has 1 saturated heterocycles. The van der Waals surface area contributed by atoms with E-state index in [1.165, 1.54) is 0 Å². The van der Waals surface area contributed by atoms with Gasteiger partial charge in [0.2, 0.25) is 0 Å². The summed E-state index contributed by atoms with van der Waals surface area (Å²) < 4.78 is 11.2. The van der Waals surface area contributed by atoms with E-state index >= 15 is 0 Å². The number of rotatable bonds is 4. The molecule has 0 N–H and O–H groups in total. The molecule has 1 fully saturated rings. The molecule has 0 saturated carbocycles. The largest absolute Gasteiger partial charge is 0.460 e. The van der Waals surface area contributed by atoms with Crippen molar-refractivity contribution in [3.63, 3.8) is 0 Å². The smallest absolute Gasteiger partial charge is 0.324 e. The summed E-state index contributed by atoms with van der Waals surface area (Å²) in [6.45, 7) is 7.72. The van der Waals surface area contributed by atoms with Gasteiger partial charge >= 0.3 is 12.0 Å². The Labute approximate surface area is 129 Å². The first kappa shape index (κ1) is 14.7. The molecule has 0 unspecified atom stereocenters. The van der Waals surface area contributed by atoms with Gasteiger partial charge in [0, 0.05) is 44.2 Å². The second-order valence-corrected chi connectivity index (χ2v) is 5.94. The van der Waals surface area contributed by atoms with Crippen LogP contribution in [0, 0.1) is 6.92 Å². The molecular formula is C15H21N5O2. The van der Waals surface area contributed by atoms with Crippen LogP contribution in [0.25, 0.3) is 0 Å². The standard InChI is InChI=1S/C15H21N5O2/c1-10(2)13-18-15(22-19-13)20-6-4-12(5-7-20)21-14-16-8-11(3)9-17-14/h8-10,12H,4-7H2,1-3H3. The van der Waals surface area contributed by atoms with Gasteiger partial charge < -0.3 is 14.2 Å². The van der Waals surface area contributed by atoms with Gasteiger partial charge in [-0.15, -0.1) is 0 Å². The van der Waals surface area contributed by atoms with Crippen molar-refractivity contribution in [1.82, 2.24) is 20.1 Å². The van der Waals surface area contributed by atoms with E-state index in [0.717, 1.165) is 37.3 Å². The lowest BCUT2D eigenvalue weighted by atomic mass is 10.1. The molecule has 3 heterocycles. The minimum Gasteiger partial charge on any atom is -0.460 e. The van der Waals surface area contributed by atoms with Crippen molar-refractivity contribution in [2.75, 3.05) is 18.0 Å². The van der Waals surface area contributed by atoms with Crippen LogP contribution in [-0.4, -0.2) is 39.3 Å². The third kappa shape index (κ3) is 3.35. The number of aromatic nitrogens is 4. The highest BCUT2D eigenvalue weighted by atomic mass is 16.5. The van der Waals surface area contributed by atoms with Crippen LogP contribution in [0.3, 0.4) is 0 Å². The Morgan fingerprint density at radius 1 is 1.23 bits per heavy atom. The van der Waals surface area contributed by atoms with Gasteiger partial charge in [0.1, 0.15) is 6.10 Å². The maximum atomic E-state index is 5.82. The van der Waals surface area contributed by atoms with E-state index in [-0.39, 0.29) is 12.0 Å². The van der Waals surface area contributed by atoms with E-state index < -0.39 is 0 Å². The summed E-state index contributed by atoms with van der Waals surface area (Å²) in [6, 6.07) is 1.05. The van der Waals surface area contributed by atoms with E-state index in [4.69, 9.17) is 9.26 Å². The lowest BCUT2D eigenvalue weighted by Crippen LogP contribution is -2.38. The third-order valence-electron chi connectivity index (χ3n) is 3.69. The van der Waals surface area contributed by atoms with Crippen LogP contribution in [0.1, 0.15) is 44.0 Å². The highest BCUT2D eigenvalue weighted by Gasteiger charge is 2.25. The first-order chi connectivity index (χ1) is 10.6. The Hall–Kier alpha value is -2.18. The van der Waals surface area contributed by atoms with E-state index in [1.54, 1.807) is 12.4 Å². The van der Waals surface area contributed by atoms with E-state index in [0.29, 0.717) is 12.0 Å². The number of aryl methyl sites for hydroxylation is 1. The molecule has 0 bridgehead atoms. The number of piperidine rings is 1. The van der Waals surface area contributed by atoms with Gasteiger partial charge in [-0.3, -0.25) is 0 Å². The van der Waals surface area contributed by atoms with Crippen LogP contribution in [0.2, 0.25) is 0 Å². The molecule has 1 aliphatic heterocycles. The Balaban J connectivity index is 1.54. The highest BCUT2D eigenvalue weighted by molar-refractivity contribution is 5.26. The van der Waals surface area contributed by atoms with E-state index in [9.17, 15) is 0 Å². The summed E-state index contributed by atoms with van der Waals surface area (Å²) in [4.78, 5) is 14.9. The third-order valence-corrected chi connectivity index (χ3v) is 3.69. The number of ether oxygens (including phenoxy) is 1. The van der Waals surface area contributed by atoms with E-state index in [1.807, 2.05) is 6.92 Å². The topological polar surface area (TPSA) is 77.2 Å². The van der Waals surface area contributed by atoms with Gasteiger partial charge in [0.25, 0.3) is 0 Å². The van der Waals surface area contributed by atoms with Crippen molar-refractivity contribution in [3.8, 4) is 6.01 Å². The molecule has 22 heavy (non-hydrogen) atoms. The predicted molar refractivity (Wildman–Crippen MR) is 81.0 cm³/mol. The van der Waals surface area contributed by atoms with Crippen molar-refractivity contribution in [2.45, 2.75) is 45.6 Å². The first-order valence-corrected chi connectivity index (χ1v) is 7.65. The normalized spacial score (nSPS) is 16.3. The lowest BCUT2D eigenvalue weighted by molar-refractivity contribution is 0.154. The number of hydrogen-bond donors (Lipinski definition) is 0. The molecule has 0 radical (unpaired) electrons. The second-order valence-electron chi connectivity index (χ2n) is 5.94. The minimum atomic E-state index is 0.131. The molecule has 0 atom stereocenters. The maximum Gasteiger partial charge on any atom is 0.324 e. The SMILES string of the molecule is Cc1cnc(OC2CCN(c3nc(C(C)C)no3)CC2)nc1. The second kappa shape index (κ2) is 6.29. The van der Waals surface area contributed by atoms with Crippen LogP contribution >= 0.6 is 0 Å². The molecule has 0 amide bonds. The average molecular weight is 303 g/mol. The zero-order valence-corrected chi connectivity index (χ0v) is 13.2. The average Bonchev–Trinajstić information content (AvgIpc) is 3.00. The molecule has 7 heteroatoms. The number of hydrogen-bond acceptors (Lipinski definition) is 7. The van der Waals surface area contributed by atoms with Gasteiger partial charge in [-0.05, 0) is 12.5 Å². The lowest BCUT2D eigenvalue weighted by Gasteiger charge is -2.30. The van der Waals surface area contributed by atoms with Crippen LogP contribution < -0.4 is 9.64 Å². The number of nitrogens with zero attached hydrogens (tertiary/aromatic N) is 5. The van der Waals surface area contributed by atoms with Crippen LogP contribution in [-0.2, 0) is 0 Å². The predicted octanol–water partition coefficient (Wildman–Crippen LogP) is 2.34. The van der Waals surface area contributed by atoms with Crippen molar-refractivity contribution in [2.24, 2.45) is 0 Å². The van der Waals surface area contributed by atoms with Crippen LogP contribution in [0.4, 0.5) is 6.01 Å². The molecule has 2 aromatic rings. The molecule has 2 aromatic heterocycles. The molecular weight excluding hydrogens is 282 g/mol. The zero-order valence-electron chi connectivity index (χ0n) is 13.2. The van der Waals surface area contributed by atoms with E-state index in [2.05, 4.69) is 38.9 Å². The van der Waals surface area contributed by atoms with Gasteiger partial charge in [-0.25, -0.2) is 9.97 Å². The molecule has 118 valence electrons. The summed E-state index contributed by atoms with van der Waals surface area (Å²) >= 11 is 0. The Bertz CT molecular complexity index is 603. The van der Waals surface area contributed by atoms with Crippen molar-refractivity contribution < 1.29 is 9.26 Å². The summed E-state index contributed by atoms with van der Waals surface area (Å²) in [5.41, 5.74) is 1.03. The fourth-order valence-corrected chi connectivity index (χ4v) is 2.34. The summed E-state index contributed by atoms with van der Waals surface area (Å²) in [5, 5.41) is 4.01. The Kier molecular flexibility index (Phi) is 4.22. The van der Waals surface area contributed by atoms with Gasteiger partial charge in [0.05, 0.1) is 0 Å².